The zero-order chi connectivity index (χ0) is 11.5. The van der Waals surface area contributed by atoms with Crippen molar-refractivity contribution in [3.63, 3.8) is 0 Å². The molecule has 6 heteroatoms. The second-order valence-electron chi connectivity index (χ2n) is 3.20. The fraction of sp³-hybridized carbons (Fsp3) is 0.100. The molecule has 0 aliphatic heterocycles. The van der Waals surface area contributed by atoms with Crippen LogP contribution in [0.25, 0.3) is 15.7 Å². The lowest BCUT2D eigenvalue weighted by Crippen LogP contribution is -1.91. The van der Waals surface area contributed by atoms with E-state index in [2.05, 4.69) is 31.0 Å². The van der Waals surface area contributed by atoms with Crippen molar-refractivity contribution in [2.24, 2.45) is 12.8 Å². The Bertz CT molecular complexity index is 514. The van der Waals surface area contributed by atoms with E-state index in [1.54, 1.807) is 23.3 Å². The summed E-state index contributed by atoms with van der Waals surface area (Å²) in [7, 11) is 1.86. The molecule has 0 aliphatic carbocycles. The van der Waals surface area contributed by atoms with Crippen molar-refractivity contribution in [3.8, 4) is 11.3 Å². The van der Waals surface area contributed by atoms with Crippen molar-refractivity contribution in [2.75, 3.05) is 0 Å². The fourth-order valence-corrected chi connectivity index (χ4v) is 1.44. The van der Waals surface area contributed by atoms with E-state index in [0.717, 1.165) is 15.7 Å². The summed E-state index contributed by atoms with van der Waals surface area (Å²) < 4.78 is 2.44. The molecule has 0 fully saturated rings. The van der Waals surface area contributed by atoms with Crippen LogP contribution in [-0.4, -0.2) is 19.7 Å². The van der Waals surface area contributed by atoms with Crippen molar-refractivity contribution < 1.29 is 0 Å². The quantitative estimate of drug-likeness (QED) is 0.905. The molecule has 2 aromatic heterocycles. The molecule has 2 heterocycles. The lowest BCUT2D eigenvalue weighted by molar-refractivity contribution is 0.768. The summed E-state index contributed by atoms with van der Waals surface area (Å²) in [5.74, 6) is 0. The summed E-state index contributed by atoms with van der Waals surface area (Å²) in [4.78, 5) is 8.53. The summed E-state index contributed by atoms with van der Waals surface area (Å²) in [6, 6.07) is 0. The normalized spacial score (nSPS) is 11.8. The van der Waals surface area contributed by atoms with E-state index in [1.165, 1.54) is 6.20 Å². The Morgan fingerprint density at radius 1 is 1.38 bits per heavy atom. The maximum Gasteiger partial charge on any atom is 0.0969 e. The van der Waals surface area contributed by atoms with Gasteiger partial charge in [-0.05, 0) is 15.9 Å². The highest BCUT2D eigenvalue weighted by Gasteiger charge is 2.04. The molecule has 0 radical (unpaired) electrons. The van der Waals surface area contributed by atoms with E-state index in [-0.39, 0.29) is 0 Å². The molecule has 5 nitrogen and oxygen atoms in total. The van der Waals surface area contributed by atoms with Gasteiger partial charge in [-0.3, -0.25) is 14.6 Å². The molecule has 0 unspecified atom stereocenters. The summed E-state index contributed by atoms with van der Waals surface area (Å²) >= 11 is 3.29. The maximum absolute atomic E-state index is 5.37. The average molecular weight is 280 g/mol. The van der Waals surface area contributed by atoms with Crippen LogP contribution in [0.4, 0.5) is 0 Å². The minimum atomic E-state index is 0.704. The van der Waals surface area contributed by atoms with E-state index in [1.807, 2.05) is 13.2 Å². The van der Waals surface area contributed by atoms with Gasteiger partial charge in [0.05, 0.1) is 34.5 Å². The van der Waals surface area contributed by atoms with Crippen LogP contribution in [0.3, 0.4) is 0 Å². The molecule has 0 aliphatic rings. The SMILES string of the molecule is Cn1cc(-c2cnc(C(Br)=CN)cn2)cn1. The van der Waals surface area contributed by atoms with Gasteiger partial charge in [0.25, 0.3) is 0 Å². The van der Waals surface area contributed by atoms with Crippen molar-refractivity contribution in [1.82, 2.24) is 19.7 Å². The minimum absolute atomic E-state index is 0.704. The highest BCUT2D eigenvalue weighted by Crippen LogP contribution is 2.19. The Morgan fingerprint density at radius 3 is 2.69 bits per heavy atom. The molecule has 0 saturated heterocycles. The first kappa shape index (κ1) is 10.8. The van der Waals surface area contributed by atoms with Crippen LogP contribution in [0, 0.1) is 0 Å². The number of aromatic nitrogens is 4. The van der Waals surface area contributed by atoms with Crippen molar-refractivity contribution in [3.05, 3.63) is 36.7 Å². The predicted molar refractivity (Wildman–Crippen MR) is 65.3 cm³/mol. The van der Waals surface area contributed by atoms with Crippen LogP contribution in [0.5, 0.6) is 0 Å². The van der Waals surface area contributed by atoms with Crippen LogP contribution in [-0.2, 0) is 7.05 Å². The van der Waals surface area contributed by atoms with Crippen LogP contribution in [0.2, 0.25) is 0 Å². The lowest BCUT2D eigenvalue weighted by Gasteiger charge is -1.99. The summed E-state index contributed by atoms with van der Waals surface area (Å²) in [6.45, 7) is 0. The number of hydrogen-bond acceptors (Lipinski definition) is 4. The monoisotopic (exact) mass is 279 g/mol. The summed E-state index contributed by atoms with van der Waals surface area (Å²) in [6.07, 6.45) is 8.43. The van der Waals surface area contributed by atoms with Gasteiger partial charge >= 0.3 is 0 Å². The molecule has 0 bridgehead atoms. The van der Waals surface area contributed by atoms with Gasteiger partial charge in [0, 0.05) is 25.0 Å². The summed E-state index contributed by atoms with van der Waals surface area (Å²) in [5, 5.41) is 4.07. The van der Waals surface area contributed by atoms with Gasteiger partial charge in [-0.15, -0.1) is 0 Å². The van der Waals surface area contributed by atoms with Crippen molar-refractivity contribution in [1.29, 1.82) is 0 Å². The Kier molecular flexibility index (Phi) is 3.00. The Labute approximate surface area is 101 Å². The van der Waals surface area contributed by atoms with Gasteiger partial charge in [-0.25, -0.2) is 0 Å². The standard InChI is InChI=1S/C10H10BrN5/c1-16-6-7(3-15-16)9-4-14-10(5-13-9)8(11)2-12/h2-6H,12H2,1H3. The number of nitrogens with two attached hydrogens (primary N) is 1. The first-order valence-electron chi connectivity index (χ1n) is 4.59. The third-order valence-corrected chi connectivity index (χ3v) is 2.71. The Hall–Kier alpha value is -1.69. The molecular weight excluding hydrogens is 270 g/mol. The van der Waals surface area contributed by atoms with E-state index in [9.17, 15) is 0 Å². The number of hydrogen-bond donors (Lipinski definition) is 1. The molecule has 2 aromatic rings. The van der Waals surface area contributed by atoms with Gasteiger partial charge in [0.1, 0.15) is 0 Å². The lowest BCUT2D eigenvalue weighted by atomic mass is 10.2. The van der Waals surface area contributed by atoms with E-state index in [4.69, 9.17) is 5.73 Å². The second kappa shape index (κ2) is 4.44. The van der Waals surface area contributed by atoms with E-state index in [0.29, 0.717) is 5.69 Å². The number of aryl methyl sites for hydroxylation is 1. The highest BCUT2D eigenvalue weighted by molar-refractivity contribution is 9.15. The Balaban J connectivity index is 2.33. The Morgan fingerprint density at radius 2 is 2.19 bits per heavy atom. The van der Waals surface area contributed by atoms with Crippen LogP contribution >= 0.6 is 15.9 Å². The van der Waals surface area contributed by atoms with Gasteiger partial charge in [-0.2, -0.15) is 5.10 Å². The predicted octanol–water partition coefficient (Wildman–Crippen LogP) is 1.53. The first-order chi connectivity index (χ1) is 7.70. The maximum atomic E-state index is 5.37. The topological polar surface area (TPSA) is 69.6 Å². The number of nitrogens with zero attached hydrogens (tertiary/aromatic N) is 4. The summed E-state index contributed by atoms with van der Waals surface area (Å²) in [5.41, 5.74) is 7.80. The number of rotatable bonds is 2. The van der Waals surface area contributed by atoms with Crippen LogP contribution in [0.15, 0.2) is 31.0 Å². The molecule has 0 saturated carbocycles. The smallest absolute Gasteiger partial charge is 0.0969 e. The zero-order valence-electron chi connectivity index (χ0n) is 8.63. The second-order valence-corrected chi connectivity index (χ2v) is 4.06. The zero-order valence-corrected chi connectivity index (χ0v) is 10.2. The molecule has 0 atom stereocenters. The molecule has 2 rings (SSSR count). The van der Waals surface area contributed by atoms with Crippen LogP contribution < -0.4 is 5.73 Å². The molecular formula is C10H10BrN5. The van der Waals surface area contributed by atoms with Gasteiger partial charge < -0.3 is 5.73 Å². The molecule has 0 amide bonds. The van der Waals surface area contributed by atoms with E-state index >= 15 is 0 Å². The molecule has 2 N–H and O–H groups in total. The van der Waals surface area contributed by atoms with E-state index < -0.39 is 0 Å². The van der Waals surface area contributed by atoms with Gasteiger partial charge in [0.2, 0.25) is 0 Å². The molecule has 16 heavy (non-hydrogen) atoms. The molecule has 0 spiro atoms. The average Bonchev–Trinajstić information content (AvgIpc) is 2.75. The molecule has 0 aromatic carbocycles. The van der Waals surface area contributed by atoms with Crippen molar-refractivity contribution in [2.45, 2.75) is 0 Å². The minimum Gasteiger partial charge on any atom is -0.404 e. The van der Waals surface area contributed by atoms with Crippen molar-refractivity contribution >= 4 is 20.4 Å². The first-order valence-corrected chi connectivity index (χ1v) is 5.39. The number of halogens is 1. The fourth-order valence-electron chi connectivity index (χ4n) is 1.24. The van der Waals surface area contributed by atoms with Gasteiger partial charge in [-0.1, -0.05) is 0 Å². The van der Waals surface area contributed by atoms with Gasteiger partial charge in [0.15, 0.2) is 0 Å². The third-order valence-electron chi connectivity index (χ3n) is 2.04. The molecule has 82 valence electrons. The highest BCUT2D eigenvalue weighted by atomic mass is 79.9. The largest absolute Gasteiger partial charge is 0.404 e. The van der Waals surface area contributed by atoms with Crippen LogP contribution in [0.1, 0.15) is 5.69 Å². The third kappa shape index (κ3) is 2.11.